The van der Waals surface area contributed by atoms with Gasteiger partial charge in [-0.25, -0.2) is 0 Å². The van der Waals surface area contributed by atoms with Crippen molar-refractivity contribution in [2.45, 2.75) is 11.8 Å². The summed E-state index contributed by atoms with van der Waals surface area (Å²) in [7, 11) is 0. The number of para-hydroxylation sites is 2. The average molecular weight is 302 g/mol. The molecule has 1 atom stereocenters. The van der Waals surface area contributed by atoms with Crippen LogP contribution in [0.2, 0.25) is 0 Å². The summed E-state index contributed by atoms with van der Waals surface area (Å²) in [5.41, 5.74) is 1.94. The number of fused-ring (bicyclic) bond motifs is 3. The molecular formula is C15H12BrNO. The molecule has 0 spiro atoms. The smallest absolute Gasteiger partial charge is 0.245 e. The van der Waals surface area contributed by atoms with Gasteiger partial charge in [0.1, 0.15) is 0 Å². The Bertz CT molecular complexity index is 689. The molecule has 0 aliphatic carbocycles. The molecule has 2 nitrogen and oxygen atoms in total. The third kappa shape index (κ3) is 1.58. The van der Waals surface area contributed by atoms with Crippen LogP contribution < -0.4 is 0 Å². The molecule has 3 aromatic rings. The number of hydrogen-bond acceptors (Lipinski definition) is 1. The highest BCUT2D eigenvalue weighted by atomic mass is 79.9. The summed E-state index contributed by atoms with van der Waals surface area (Å²) in [6.45, 7) is 1.85. The minimum absolute atomic E-state index is 0.0624. The summed E-state index contributed by atoms with van der Waals surface area (Å²) in [6.07, 6.45) is 0. The monoisotopic (exact) mass is 301 g/mol. The van der Waals surface area contributed by atoms with Crippen molar-refractivity contribution in [2.24, 2.45) is 0 Å². The van der Waals surface area contributed by atoms with Gasteiger partial charge in [-0.15, -0.1) is 0 Å². The normalized spacial score (nSPS) is 13.0. The summed E-state index contributed by atoms with van der Waals surface area (Å²) in [6, 6.07) is 16.0. The van der Waals surface area contributed by atoms with E-state index in [1.807, 2.05) is 43.3 Å². The van der Waals surface area contributed by atoms with E-state index in [0.29, 0.717) is 0 Å². The molecule has 0 aliphatic rings. The molecule has 0 radical (unpaired) electrons. The summed E-state index contributed by atoms with van der Waals surface area (Å²) >= 11 is 3.36. The summed E-state index contributed by atoms with van der Waals surface area (Å²) in [4.78, 5) is 12.2. The molecule has 18 heavy (non-hydrogen) atoms. The number of hydrogen-bond donors (Lipinski definition) is 0. The van der Waals surface area contributed by atoms with E-state index in [-0.39, 0.29) is 10.7 Å². The van der Waals surface area contributed by atoms with E-state index in [1.54, 1.807) is 4.57 Å². The highest BCUT2D eigenvalue weighted by Gasteiger charge is 2.18. The van der Waals surface area contributed by atoms with Crippen LogP contribution in [-0.4, -0.2) is 15.3 Å². The Labute approximate surface area is 113 Å². The van der Waals surface area contributed by atoms with E-state index in [1.165, 1.54) is 0 Å². The standard InChI is InChI=1S/C15H12BrNO/c1-10(16)15(18)17-13-8-4-2-6-11(13)12-7-3-5-9-14(12)17/h2-10H,1H3/t10-/m0/s1. The van der Waals surface area contributed by atoms with Crippen molar-refractivity contribution in [3.8, 4) is 0 Å². The molecule has 1 aromatic heterocycles. The third-order valence-corrected chi connectivity index (χ3v) is 3.53. The second-order valence-corrected chi connectivity index (χ2v) is 5.70. The number of alkyl halides is 1. The predicted octanol–water partition coefficient (Wildman–Crippen LogP) is 4.22. The average Bonchev–Trinajstić information content (AvgIpc) is 2.72. The highest BCUT2D eigenvalue weighted by molar-refractivity contribution is 9.10. The van der Waals surface area contributed by atoms with Gasteiger partial charge in [0.25, 0.3) is 0 Å². The Morgan fingerprint density at radius 3 is 1.89 bits per heavy atom. The fourth-order valence-electron chi connectivity index (χ4n) is 2.34. The van der Waals surface area contributed by atoms with Crippen LogP contribution in [0.15, 0.2) is 48.5 Å². The van der Waals surface area contributed by atoms with Gasteiger partial charge in [0.15, 0.2) is 0 Å². The molecule has 1 heterocycles. The number of carbonyl (C=O) groups is 1. The molecule has 3 rings (SSSR count). The summed E-state index contributed by atoms with van der Waals surface area (Å²) in [5, 5.41) is 2.24. The van der Waals surface area contributed by atoms with Gasteiger partial charge in [-0.1, -0.05) is 52.3 Å². The number of rotatable bonds is 1. The Kier molecular flexibility index (Phi) is 2.71. The second-order valence-electron chi connectivity index (χ2n) is 4.32. The minimum atomic E-state index is -0.197. The Hall–Kier alpha value is -1.61. The molecule has 0 bridgehead atoms. The van der Waals surface area contributed by atoms with E-state index in [0.717, 1.165) is 21.8 Å². The van der Waals surface area contributed by atoms with Crippen LogP contribution >= 0.6 is 15.9 Å². The first-order valence-electron chi connectivity index (χ1n) is 5.86. The first-order chi connectivity index (χ1) is 8.70. The topological polar surface area (TPSA) is 22.0 Å². The molecule has 90 valence electrons. The van der Waals surface area contributed by atoms with Gasteiger partial charge in [0.05, 0.1) is 15.9 Å². The first-order valence-corrected chi connectivity index (χ1v) is 6.78. The zero-order chi connectivity index (χ0) is 12.7. The Balaban J connectivity index is 2.49. The molecule has 0 amide bonds. The Morgan fingerprint density at radius 1 is 1.00 bits per heavy atom. The molecule has 3 heteroatoms. The van der Waals surface area contributed by atoms with Crippen LogP contribution in [-0.2, 0) is 0 Å². The lowest BCUT2D eigenvalue weighted by Gasteiger charge is -2.07. The third-order valence-electron chi connectivity index (χ3n) is 3.14. The first kappa shape index (κ1) is 11.5. The summed E-state index contributed by atoms with van der Waals surface area (Å²) < 4.78 is 1.80. The quantitative estimate of drug-likeness (QED) is 0.617. The number of aromatic nitrogens is 1. The van der Waals surface area contributed by atoms with E-state index in [4.69, 9.17) is 0 Å². The molecule has 0 saturated carbocycles. The van der Waals surface area contributed by atoms with E-state index >= 15 is 0 Å². The maximum absolute atomic E-state index is 12.3. The molecule has 0 aliphatic heterocycles. The highest BCUT2D eigenvalue weighted by Crippen LogP contribution is 2.29. The number of nitrogens with zero attached hydrogens (tertiary/aromatic N) is 1. The van der Waals surface area contributed by atoms with Gasteiger partial charge >= 0.3 is 0 Å². The van der Waals surface area contributed by atoms with Crippen molar-refractivity contribution in [1.29, 1.82) is 0 Å². The van der Waals surface area contributed by atoms with Crippen LogP contribution in [0.3, 0.4) is 0 Å². The molecule has 0 saturated heterocycles. The molecule has 0 fully saturated rings. The number of carbonyl (C=O) groups excluding carboxylic acids is 1. The van der Waals surface area contributed by atoms with E-state index in [2.05, 4.69) is 28.1 Å². The SMILES string of the molecule is C[C@H](Br)C(=O)n1c2ccccc2c2ccccc21. The lowest BCUT2D eigenvalue weighted by atomic mass is 10.2. The maximum atomic E-state index is 12.3. The van der Waals surface area contributed by atoms with Gasteiger partial charge in [0, 0.05) is 10.8 Å². The van der Waals surface area contributed by atoms with Crippen molar-refractivity contribution in [1.82, 2.24) is 4.57 Å². The number of halogens is 1. The molecular weight excluding hydrogens is 290 g/mol. The van der Waals surface area contributed by atoms with Crippen molar-refractivity contribution < 1.29 is 4.79 Å². The zero-order valence-electron chi connectivity index (χ0n) is 9.93. The minimum Gasteiger partial charge on any atom is -0.279 e. The van der Waals surface area contributed by atoms with Crippen LogP contribution in [0.25, 0.3) is 21.8 Å². The van der Waals surface area contributed by atoms with Crippen LogP contribution in [0, 0.1) is 0 Å². The van der Waals surface area contributed by atoms with Crippen molar-refractivity contribution >= 4 is 43.6 Å². The van der Waals surface area contributed by atoms with Crippen LogP contribution in [0.1, 0.15) is 11.7 Å². The van der Waals surface area contributed by atoms with Gasteiger partial charge in [-0.05, 0) is 19.1 Å². The zero-order valence-corrected chi connectivity index (χ0v) is 11.5. The van der Waals surface area contributed by atoms with Crippen molar-refractivity contribution in [2.75, 3.05) is 0 Å². The fourth-order valence-corrected chi connectivity index (χ4v) is 2.54. The molecule has 0 N–H and O–H groups in total. The Morgan fingerprint density at radius 2 is 1.44 bits per heavy atom. The number of benzene rings is 2. The van der Waals surface area contributed by atoms with E-state index < -0.39 is 0 Å². The molecule has 0 unspecified atom stereocenters. The van der Waals surface area contributed by atoms with Crippen LogP contribution in [0.5, 0.6) is 0 Å². The van der Waals surface area contributed by atoms with Gasteiger partial charge in [-0.2, -0.15) is 0 Å². The predicted molar refractivity (Wildman–Crippen MR) is 78.5 cm³/mol. The maximum Gasteiger partial charge on any atom is 0.245 e. The van der Waals surface area contributed by atoms with Crippen LogP contribution in [0.4, 0.5) is 0 Å². The summed E-state index contributed by atoms with van der Waals surface area (Å²) in [5.74, 6) is 0.0624. The van der Waals surface area contributed by atoms with Gasteiger partial charge in [-0.3, -0.25) is 9.36 Å². The largest absolute Gasteiger partial charge is 0.279 e. The lowest BCUT2D eigenvalue weighted by molar-refractivity contribution is 0.0927. The lowest BCUT2D eigenvalue weighted by Crippen LogP contribution is -2.18. The van der Waals surface area contributed by atoms with Gasteiger partial charge in [0.2, 0.25) is 5.91 Å². The van der Waals surface area contributed by atoms with Crippen molar-refractivity contribution in [3.05, 3.63) is 48.5 Å². The second kappa shape index (κ2) is 4.25. The van der Waals surface area contributed by atoms with Crippen molar-refractivity contribution in [3.63, 3.8) is 0 Å². The fraction of sp³-hybridized carbons (Fsp3) is 0.133. The van der Waals surface area contributed by atoms with Gasteiger partial charge < -0.3 is 0 Å². The molecule has 2 aromatic carbocycles. The van der Waals surface area contributed by atoms with E-state index in [9.17, 15) is 4.79 Å².